The van der Waals surface area contributed by atoms with E-state index in [1.165, 1.54) is 17.3 Å². The Bertz CT molecular complexity index is 207. The first-order chi connectivity index (χ1) is 4.34. The Morgan fingerprint density at radius 3 is 3.00 bits per heavy atom. The fraction of sp³-hybridized carbons (Fsp3) is 0.400. The van der Waals surface area contributed by atoms with E-state index >= 15 is 0 Å². The van der Waals surface area contributed by atoms with Crippen LogP contribution in [0.4, 0.5) is 0 Å². The average molecular weight is 122 g/mol. The van der Waals surface area contributed by atoms with Gasteiger partial charge in [-0.1, -0.05) is 0 Å². The third kappa shape index (κ3) is 1.05. The van der Waals surface area contributed by atoms with Crippen LogP contribution in [0.5, 0.6) is 0 Å². The predicted octanol–water partition coefficient (Wildman–Crippen LogP) is 0.363. The highest BCUT2D eigenvalue weighted by Gasteiger charge is 1.99. The molecule has 0 spiro atoms. The fourth-order valence-electron chi connectivity index (χ4n) is 0.477. The van der Waals surface area contributed by atoms with Crippen molar-refractivity contribution in [2.45, 2.75) is 13.0 Å². The van der Waals surface area contributed by atoms with Crippen LogP contribution in [0.15, 0.2) is 12.7 Å². The Labute approximate surface area is 52.7 Å². The molecule has 0 N–H and O–H groups in total. The lowest BCUT2D eigenvalue weighted by atomic mass is 10.4. The molecule has 1 aromatic rings. The molecule has 4 nitrogen and oxygen atoms in total. The maximum Gasteiger partial charge on any atom is 0.137 e. The van der Waals surface area contributed by atoms with Crippen molar-refractivity contribution in [3.63, 3.8) is 0 Å². The van der Waals surface area contributed by atoms with Crippen molar-refractivity contribution in [3.05, 3.63) is 12.7 Å². The Kier molecular flexibility index (Phi) is 1.45. The van der Waals surface area contributed by atoms with Gasteiger partial charge in [0, 0.05) is 0 Å². The zero-order valence-electron chi connectivity index (χ0n) is 5.02. The van der Waals surface area contributed by atoms with Gasteiger partial charge in [0.15, 0.2) is 0 Å². The minimum Gasteiger partial charge on any atom is -0.236 e. The molecule has 0 aromatic carbocycles. The van der Waals surface area contributed by atoms with E-state index in [-0.39, 0.29) is 6.04 Å². The molecule has 0 aliphatic carbocycles. The number of hydrogen-bond acceptors (Lipinski definition) is 3. The monoisotopic (exact) mass is 122 g/mol. The topological polar surface area (TPSA) is 54.5 Å². The van der Waals surface area contributed by atoms with Gasteiger partial charge >= 0.3 is 0 Å². The smallest absolute Gasteiger partial charge is 0.137 e. The minimum absolute atomic E-state index is 0.215. The predicted molar refractivity (Wildman–Crippen MR) is 30.3 cm³/mol. The molecule has 1 heterocycles. The van der Waals surface area contributed by atoms with Crippen LogP contribution in [0, 0.1) is 11.3 Å². The second kappa shape index (κ2) is 2.27. The van der Waals surface area contributed by atoms with Crippen LogP contribution < -0.4 is 0 Å². The van der Waals surface area contributed by atoms with Gasteiger partial charge in [-0.05, 0) is 6.92 Å². The second-order valence-corrected chi connectivity index (χ2v) is 1.68. The van der Waals surface area contributed by atoms with E-state index in [2.05, 4.69) is 10.1 Å². The highest BCUT2D eigenvalue weighted by molar-refractivity contribution is 4.83. The van der Waals surface area contributed by atoms with Crippen molar-refractivity contribution in [2.75, 3.05) is 0 Å². The third-order valence-electron chi connectivity index (χ3n) is 1.02. The van der Waals surface area contributed by atoms with Crippen molar-refractivity contribution >= 4 is 0 Å². The lowest BCUT2D eigenvalue weighted by Gasteiger charge is -1.97. The second-order valence-electron chi connectivity index (χ2n) is 1.68. The van der Waals surface area contributed by atoms with Crippen LogP contribution in [0.25, 0.3) is 0 Å². The molecule has 0 aliphatic heterocycles. The van der Waals surface area contributed by atoms with Crippen LogP contribution in [-0.2, 0) is 0 Å². The molecule has 0 saturated carbocycles. The van der Waals surface area contributed by atoms with Crippen molar-refractivity contribution in [3.8, 4) is 6.07 Å². The van der Waals surface area contributed by atoms with Crippen LogP contribution in [0.1, 0.15) is 13.0 Å². The summed E-state index contributed by atoms with van der Waals surface area (Å²) in [5.74, 6) is 0. The summed E-state index contributed by atoms with van der Waals surface area (Å²) in [5, 5.41) is 12.1. The van der Waals surface area contributed by atoms with Crippen molar-refractivity contribution in [1.29, 1.82) is 5.26 Å². The van der Waals surface area contributed by atoms with Crippen molar-refractivity contribution in [2.24, 2.45) is 0 Å². The summed E-state index contributed by atoms with van der Waals surface area (Å²) in [7, 11) is 0. The molecule has 46 valence electrons. The average Bonchev–Trinajstić information content (AvgIpc) is 2.37. The number of rotatable bonds is 1. The van der Waals surface area contributed by atoms with E-state index in [1.54, 1.807) is 6.92 Å². The standard InChI is InChI=1S/C5H6N4/c1-5(2-6)9-4-7-3-8-9/h3-5H,1H3. The Morgan fingerprint density at radius 1 is 1.78 bits per heavy atom. The van der Waals surface area contributed by atoms with Crippen LogP contribution in [0.3, 0.4) is 0 Å². The van der Waals surface area contributed by atoms with Crippen LogP contribution in [0.2, 0.25) is 0 Å². The minimum atomic E-state index is -0.215. The van der Waals surface area contributed by atoms with Crippen molar-refractivity contribution in [1.82, 2.24) is 14.8 Å². The normalized spacial score (nSPS) is 12.4. The molecule has 0 amide bonds. The van der Waals surface area contributed by atoms with Gasteiger partial charge in [-0.2, -0.15) is 10.4 Å². The van der Waals surface area contributed by atoms with Gasteiger partial charge in [-0.25, -0.2) is 9.67 Å². The maximum absolute atomic E-state index is 8.37. The lowest BCUT2D eigenvalue weighted by Crippen LogP contribution is -2.01. The first-order valence-corrected chi connectivity index (χ1v) is 2.58. The van der Waals surface area contributed by atoms with E-state index in [0.29, 0.717) is 0 Å². The van der Waals surface area contributed by atoms with Gasteiger partial charge in [-0.15, -0.1) is 0 Å². The van der Waals surface area contributed by atoms with E-state index in [1.807, 2.05) is 6.07 Å². The molecule has 0 radical (unpaired) electrons. The first-order valence-electron chi connectivity index (χ1n) is 2.58. The molecule has 1 unspecified atom stereocenters. The molecule has 1 atom stereocenters. The summed E-state index contributed by atoms with van der Waals surface area (Å²) in [6, 6.07) is 1.81. The van der Waals surface area contributed by atoms with Gasteiger partial charge in [0.25, 0.3) is 0 Å². The molecule has 9 heavy (non-hydrogen) atoms. The quantitative estimate of drug-likeness (QED) is 0.540. The summed E-state index contributed by atoms with van der Waals surface area (Å²) in [6.45, 7) is 1.76. The molecule has 0 bridgehead atoms. The van der Waals surface area contributed by atoms with Crippen LogP contribution >= 0.6 is 0 Å². The lowest BCUT2D eigenvalue weighted by molar-refractivity contribution is 0.589. The zero-order valence-corrected chi connectivity index (χ0v) is 5.02. The maximum atomic E-state index is 8.37. The molecule has 4 heteroatoms. The highest BCUT2D eigenvalue weighted by atomic mass is 15.3. The summed E-state index contributed by atoms with van der Waals surface area (Å²) >= 11 is 0. The largest absolute Gasteiger partial charge is 0.236 e. The zero-order chi connectivity index (χ0) is 6.69. The Morgan fingerprint density at radius 2 is 2.56 bits per heavy atom. The molecular formula is C5H6N4. The summed E-state index contributed by atoms with van der Waals surface area (Å²) < 4.78 is 1.50. The van der Waals surface area contributed by atoms with E-state index in [9.17, 15) is 0 Å². The highest BCUT2D eigenvalue weighted by Crippen LogP contribution is 1.96. The molecule has 1 aromatic heterocycles. The summed E-state index contributed by atoms with van der Waals surface area (Å²) in [5.41, 5.74) is 0. The molecule has 1 rings (SSSR count). The summed E-state index contributed by atoms with van der Waals surface area (Å²) in [4.78, 5) is 3.69. The van der Waals surface area contributed by atoms with E-state index in [4.69, 9.17) is 5.26 Å². The molecule has 0 saturated heterocycles. The number of hydrogen-bond donors (Lipinski definition) is 0. The van der Waals surface area contributed by atoms with Gasteiger partial charge in [0.2, 0.25) is 0 Å². The number of aromatic nitrogens is 3. The van der Waals surface area contributed by atoms with Gasteiger partial charge in [0.05, 0.1) is 6.07 Å². The van der Waals surface area contributed by atoms with E-state index in [0.717, 1.165) is 0 Å². The third-order valence-corrected chi connectivity index (χ3v) is 1.02. The van der Waals surface area contributed by atoms with Gasteiger partial charge in [0.1, 0.15) is 18.7 Å². The van der Waals surface area contributed by atoms with Crippen molar-refractivity contribution < 1.29 is 0 Å². The van der Waals surface area contributed by atoms with Crippen LogP contribution in [-0.4, -0.2) is 14.8 Å². The Hall–Kier alpha value is -1.37. The van der Waals surface area contributed by atoms with Gasteiger partial charge < -0.3 is 0 Å². The number of nitrogens with zero attached hydrogens (tertiary/aromatic N) is 4. The SMILES string of the molecule is CC(C#N)n1cncn1. The number of nitriles is 1. The molecule has 0 aliphatic rings. The van der Waals surface area contributed by atoms with Gasteiger partial charge in [-0.3, -0.25) is 0 Å². The molecule has 0 fully saturated rings. The summed E-state index contributed by atoms with van der Waals surface area (Å²) in [6.07, 6.45) is 2.93. The first kappa shape index (κ1) is 5.76. The Balaban J connectivity index is 2.80. The molecular weight excluding hydrogens is 116 g/mol. The van der Waals surface area contributed by atoms with E-state index < -0.39 is 0 Å². The fourth-order valence-corrected chi connectivity index (χ4v) is 0.477.